The zero-order valence-electron chi connectivity index (χ0n) is 11.7. The van der Waals surface area contributed by atoms with Crippen LogP contribution >= 0.6 is 0 Å². The third-order valence-electron chi connectivity index (χ3n) is 2.58. The highest BCUT2D eigenvalue weighted by molar-refractivity contribution is 5.76. The highest BCUT2D eigenvalue weighted by atomic mass is 16.5. The van der Waals surface area contributed by atoms with Gasteiger partial charge in [0.25, 0.3) is 0 Å². The summed E-state index contributed by atoms with van der Waals surface area (Å²) in [5.41, 5.74) is 0.753. The lowest BCUT2D eigenvalue weighted by Crippen LogP contribution is -2.32. The number of phenols is 1. The Morgan fingerprint density at radius 3 is 2.79 bits per heavy atom. The molecule has 5 heteroatoms. The molecule has 0 aliphatic carbocycles. The van der Waals surface area contributed by atoms with Crippen LogP contribution in [-0.2, 0) is 11.3 Å². The molecule has 1 rings (SSSR count). The second-order valence-electron chi connectivity index (χ2n) is 4.64. The molecule has 1 aromatic rings. The number of carbonyl (C=O) groups is 1. The van der Waals surface area contributed by atoms with Crippen molar-refractivity contribution in [1.29, 1.82) is 0 Å². The van der Waals surface area contributed by atoms with Crippen molar-refractivity contribution >= 4 is 5.91 Å². The molecule has 0 saturated carbocycles. The van der Waals surface area contributed by atoms with Gasteiger partial charge in [-0.05, 0) is 32.0 Å². The Morgan fingerprint density at radius 1 is 1.42 bits per heavy atom. The summed E-state index contributed by atoms with van der Waals surface area (Å²) in [6.07, 6.45) is 0.420. The molecule has 0 unspecified atom stereocenters. The largest absolute Gasteiger partial charge is 0.508 e. The van der Waals surface area contributed by atoms with Crippen LogP contribution in [0.1, 0.15) is 25.8 Å². The maximum absolute atomic E-state index is 11.4. The number of ether oxygens (including phenoxy) is 1. The Morgan fingerprint density at radius 2 is 2.16 bits per heavy atom. The van der Waals surface area contributed by atoms with Gasteiger partial charge in [0.1, 0.15) is 11.5 Å². The molecule has 0 heterocycles. The monoisotopic (exact) mass is 266 g/mol. The number of rotatable bonds is 7. The lowest BCUT2D eigenvalue weighted by atomic mass is 10.2. The second-order valence-corrected chi connectivity index (χ2v) is 4.64. The van der Waals surface area contributed by atoms with Crippen molar-refractivity contribution in [3.05, 3.63) is 23.8 Å². The van der Waals surface area contributed by atoms with Crippen LogP contribution in [0.25, 0.3) is 0 Å². The summed E-state index contributed by atoms with van der Waals surface area (Å²) >= 11 is 0. The number of amides is 1. The number of carbonyl (C=O) groups excluding carboxylic acids is 1. The molecule has 0 aliphatic rings. The van der Waals surface area contributed by atoms with E-state index >= 15 is 0 Å². The average molecular weight is 266 g/mol. The normalized spacial score (nSPS) is 10.5. The molecule has 1 aromatic carbocycles. The van der Waals surface area contributed by atoms with Crippen molar-refractivity contribution in [1.82, 2.24) is 10.6 Å². The smallest absolute Gasteiger partial charge is 0.221 e. The zero-order valence-corrected chi connectivity index (χ0v) is 11.7. The molecule has 0 saturated heterocycles. The standard InChI is InChI=1S/C14H22N2O3/c1-10(2)16-14(18)6-7-15-9-11-8-12(19-3)4-5-13(11)17/h4-5,8,10,15,17H,6-7,9H2,1-3H3,(H,16,18). The van der Waals surface area contributed by atoms with Crippen LogP contribution in [0.3, 0.4) is 0 Å². The first-order valence-electron chi connectivity index (χ1n) is 6.39. The van der Waals surface area contributed by atoms with Crippen molar-refractivity contribution in [2.24, 2.45) is 0 Å². The number of benzene rings is 1. The Balaban J connectivity index is 2.35. The van der Waals surface area contributed by atoms with E-state index in [1.165, 1.54) is 0 Å². The molecule has 19 heavy (non-hydrogen) atoms. The van der Waals surface area contributed by atoms with Crippen LogP contribution in [0.2, 0.25) is 0 Å². The van der Waals surface area contributed by atoms with Crippen molar-refractivity contribution < 1.29 is 14.6 Å². The number of methoxy groups -OCH3 is 1. The summed E-state index contributed by atoms with van der Waals surface area (Å²) in [5, 5.41) is 15.6. The fourth-order valence-electron chi connectivity index (χ4n) is 1.65. The minimum atomic E-state index is 0.0253. The third-order valence-corrected chi connectivity index (χ3v) is 2.58. The van der Waals surface area contributed by atoms with Gasteiger partial charge in [0.2, 0.25) is 5.91 Å². The number of aromatic hydroxyl groups is 1. The number of hydrogen-bond donors (Lipinski definition) is 3. The van der Waals surface area contributed by atoms with E-state index in [1.54, 1.807) is 25.3 Å². The summed E-state index contributed by atoms with van der Waals surface area (Å²) in [7, 11) is 1.58. The summed E-state index contributed by atoms with van der Waals surface area (Å²) in [6.45, 7) is 4.92. The molecule has 1 amide bonds. The van der Waals surface area contributed by atoms with Gasteiger partial charge in [-0.3, -0.25) is 4.79 Å². The SMILES string of the molecule is COc1ccc(O)c(CNCCC(=O)NC(C)C)c1. The Kier molecular flexibility index (Phi) is 6.15. The van der Waals surface area contributed by atoms with E-state index in [2.05, 4.69) is 10.6 Å². The van der Waals surface area contributed by atoms with Gasteiger partial charge in [0, 0.05) is 31.1 Å². The van der Waals surface area contributed by atoms with E-state index in [0.717, 1.165) is 5.56 Å². The van der Waals surface area contributed by atoms with Gasteiger partial charge < -0.3 is 20.5 Å². The van der Waals surface area contributed by atoms with Crippen LogP contribution in [-0.4, -0.2) is 30.7 Å². The molecule has 0 radical (unpaired) electrons. The number of phenolic OH excluding ortho intramolecular Hbond substituents is 1. The minimum absolute atomic E-state index is 0.0253. The zero-order chi connectivity index (χ0) is 14.3. The third kappa shape index (κ3) is 5.61. The van der Waals surface area contributed by atoms with Crippen LogP contribution in [0.15, 0.2) is 18.2 Å². The Labute approximate surface area is 114 Å². The molecule has 0 aliphatic heterocycles. The van der Waals surface area contributed by atoms with Gasteiger partial charge in [0.15, 0.2) is 0 Å². The van der Waals surface area contributed by atoms with E-state index < -0.39 is 0 Å². The number of hydrogen-bond acceptors (Lipinski definition) is 4. The highest BCUT2D eigenvalue weighted by Crippen LogP contribution is 2.22. The molecule has 0 fully saturated rings. The highest BCUT2D eigenvalue weighted by Gasteiger charge is 2.05. The molecule has 0 atom stereocenters. The predicted molar refractivity (Wildman–Crippen MR) is 74.3 cm³/mol. The maximum atomic E-state index is 11.4. The summed E-state index contributed by atoms with van der Waals surface area (Å²) in [5.74, 6) is 0.949. The Hall–Kier alpha value is -1.75. The van der Waals surface area contributed by atoms with Crippen LogP contribution in [0.5, 0.6) is 11.5 Å². The maximum Gasteiger partial charge on any atom is 0.221 e. The van der Waals surface area contributed by atoms with Gasteiger partial charge in [-0.15, -0.1) is 0 Å². The average Bonchev–Trinajstić information content (AvgIpc) is 2.35. The first-order chi connectivity index (χ1) is 9.02. The summed E-state index contributed by atoms with van der Waals surface area (Å²) < 4.78 is 5.10. The van der Waals surface area contributed by atoms with Gasteiger partial charge in [-0.2, -0.15) is 0 Å². The molecule has 5 nitrogen and oxygen atoms in total. The van der Waals surface area contributed by atoms with Crippen molar-refractivity contribution in [2.75, 3.05) is 13.7 Å². The van der Waals surface area contributed by atoms with Crippen molar-refractivity contribution in [3.8, 4) is 11.5 Å². The van der Waals surface area contributed by atoms with E-state index in [1.807, 2.05) is 13.8 Å². The lowest BCUT2D eigenvalue weighted by molar-refractivity contribution is -0.121. The predicted octanol–water partition coefficient (Wildman–Crippen LogP) is 1.41. The first kappa shape index (κ1) is 15.3. The first-order valence-corrected chi connectivity index (χ1v) is 6.39. The van der Waals surface area contributed by atoms with Crippen LogP contribution in [0, 0.1) is 0 Å². The van der Waals surface area contributed by atoms with E-state index in [-0.39, 0.29) is 17.7 Å². The van der Waals surface area contributed by atoms with Crippen molar-refractivity contribution in [2.45, 2.75) is 32.9 Å². The molecule has 0 bridgehead atoms. The minimum Gasteiger partial charge on any atom is -0.508 e. The van der Waals surface area contributed by atoms with E-state index in [0.29, 0.717) is 25.3 Å². The quantitative estimate of drug-likeness (QED) is 0.653. The molecule has 3 N–H and O–H groups in total. The van der Waals surface area contributed by atoms with Gasteiger partial charge in [0.05, 0.1) is 7.11 Å². The fraction of sp³-hybridized carbons (Fsp3) is 0.500. The van der Waals surface area contributed by atoms with Crippen molar-refractivity contribution in [3.63, 3.8) is 0 Å². The molecule has 0 spiro atoms. The summed E-state index contributed by atoms with van der Waals surface area (Å²) in [4.78, 5) is 11.4. The van der Waals surface area contributed by atoms with Gasteiger partial charge in [-0.25, -0.2) is 0 Å². The van der Waals surface area contributed by atoms with Crippen LogP contribution in [0.4, 0.5) is 0 Å². The van der Waals surface area contributed by atoms with Crippen LogP contribution < -0.4 is 15.4 Å². The lowest BCUT2D eigenvalue weighted by Gasteiger charge is -2.10. The van der Waals surface area contributed by atoms with Gasteiger partial charge >= 0.3 is 0 Å². The van der Waals surface area contributed by atoms with Gasteiger partial charge in [-0.1, -0.05) is 0 Å². The second kappa shape index (κ2) is 7.63. The molecular weight excluding hydrogens is 244 g/mol. The fourth-order valence-corrected chi connectivity index (χ4v) is 1.65. The summed E-state index contributed by atoms with van der Waals surface area (Å²) in [6, 6.07) is 5.24. The van der Waals surface area contributed by atoms with E-state index in [9.17, 15) is 9.90 Å². The number of nitrogens with one attached hydrogen (secondary N) is 2. The molecular formula is C14H22N2O3. The topological polar surface area (TPSA) is 70.6 Å². The Bertz CT molecular complexity index is 419. The van der Waals surface area contributed by atoms with E-state index in [4.69, 9.17) is 4.74 Å². The molecule has 106 valence electrons. The molecule has 0 aromatic heterocycles.